The molecule has 0 aromatic heterocycles. The van der Waals surface area contributed by atoms with Crippen LogP contribution in [0.5, 0.6) is 0 Å². The van der Waals surface area contributed by atoms with Gasteiger partial charge in [-0.1, -0.05) is 13.3 Å². The molecule has 0 aromatic rings. The molecule has 2 unspecified atom stereocenters. The van der Waals surface area contributed by atoms with E-state index in [1.54, 1.807) is 6.92 Å². The van der Waals surface area contributed by atoms with Gasteiger partial charge in [-0.2, -0.15) is 0 Å². The summed E-state index contributed by atoms with van der Waals surface area (Å²) in [5.41, 5.74) is -1.26. The number of nitrogens with one attached hydrogen (secondary N) is 1. The highest BCUT2D eigenvalue weighted by molar-refractivity contribution is 5.84. The summed E-state index contributed by atoms with van der Waals surface area (Å²) in [5.74, 6) is -1.21. The second-order valence-electron chi connectivity index (χ2n) is 3.50. The number of amides is 1. The van der Waals surface area contributed by atoms with Crippen molar-refractivity contribution in [2.75, 3.05) is 0 Å². The number of rotatable bonds is 2. The summed E-state index contributed by atoms with van der Waals surface area (Å²) in [6.07, 6.45) is 0.631. The molecule has 1 rings (SSSR count). The maximum absolute atomic E-state index is 10.9. The molecule has 1 aliphatic rings. The second-order valence-corrected chi connectivity index (χ2v) is 3.50. The number of hydrogen-bond acceptors (Lipinski definition) is 2. The van der Waals surface area contributed by atoms with Crippen LogP contribution in [0, 0.1) is 5.92 Å². The molecule has 1 aliphatic carbocycles. The third-order valence-corrected chi connectivity index (χ3v) is 2.76. The van der Waals surface area contributed by atoms with E-state index in [4.69, 9.17) is 10.2 Å². The standard InChI is InChI=1S/C8H13NO4/c1-5-3-2-4-8(5,6(10)11)9-7(12)13/h5,9H,2-4H2,1H3,(H,10,11)(H,12,13). The van der Waals surface area contributed by atoms with Crippen molar-refractivity contribution in [2.24, 2.45) is 5.92 Å². The molecule has 0 heterocycles. The molecule has 0 spiro atoms. The van der Waals surface area contributed by atoms with Crippen LogP contribution in [-0.4, -0.2) is 27.8 Å². The predicted octanol–water partition coefficient (Wildman–Crippen LogP) is 0.897. The van der Waals surface area contributed by atoms with Crippen molar-refractivity contribution in [2.45, 2.75) is 31.7 Å². The second kappa shape index (κ2) is 3.24. The highest BCUT2D eigenvalue weighted by Gasteiger charge is 2.48. The van der Waals surface area contributed by atoms with Gasteiger partial charge in [0.15, 0.2) is 0 Å². The van der Waals surface area contributed by atoms with Crippen LogP contribution in [0.2, 0.25) is 0 Å². The zero-order valence-electron chi connectivity index (χ0n) is 7.41. The Bertz CT molecular complexity index is 240. The molecular weight excluding hydrogens is 174 g/mol. The van der Waals surface area contributed by atoms with Gasteiger partial charge in [0.1, 0.15) is 5.54 Å². The first-order valence-corrected chi connectivity index (χ1v) is 4.23. The van der Waals surface area contributed by atoms with Gasteiger partial charge in [-0.15, -0.1) is 0 Å². The molecule has 0 aromatic carbocycles. The lowest BCUT2D eigenvalue weighted by molar-refractivity contribution is -0.146. The van der Waals surface area contributed by atoms with E-state index in [0.29, 0.717) is 6.42 Å². The summed E-state index contributed by atoms with van der Waals surface area (Å²) in [6.45, 7) is 1.76. The molecule has 2 atom stereocenters. The van der Waals surface area contributed by atoms with E-state index in [1.807, 2.05) is 0 Å². The van der Waals surface area contributed by atoms with Gasteiger partial charge in [-0.25, -0.2) is 9.59 Å². The lowest BCUT2D eigenvalue weighted by Gasteiger charge is -2.28. The normalized spacial score (nSPS) is 32.8. The van der Waals surface area contributed by atoms with Crippen LogP contribution >= 0.6 is 0 Å². The molecule has 1 amide bonds. The van der Waals surface area contributed by atoms with Crippen molar-refractivity contribution in [1.29, 1.82) is 0 Å². The summed E-state index contributed by atoms with van der Waals surface area (Å²) in [5, 5.41) is 19.6. The fourth-order valence-electron chi connectivity index (χ4n) is 1.93. The molecule has 0 bridgehead atoms. The molecule has 1 saturated carbocycles. The fraction of sp³-hybridized carbons (Fsp3) is 0.750. The molecule has 0 saturated heterocycles. The van der Waals surface area contributed by atoms with Crippen LogP contribution in [0.15, 0.2) is 0 Å². The zero-order valence-corrected chi connectivity index (χ0v) is 7.41. The molecule has 1 fully saturated rings. The van der Waals surface area contributed by atoms with E-state index < -0.39 is 17.6 Å². The van der Waals surface area contributed by atoms with Gasteiger partial charge in [0, 0.05) is 0 Å². The van der Waals surface area contributed by atoms with Gasteiger partial charge in [-0.05, 0) is 18.8 Å². The van der Waals surface area contributed by atoms with Crippen molar-refractivity contribution in [3.05, 3.63) is 0 Å². The lowest BCUT2D eigenvalue weighted by Crippen LogP contribution is -2.55. The fourth-order valence-corrected chi connectivity index (χ4v) is 1.93. The Morgan fingerprint density at radius 3 is 2.38 bits per heavy atom. The lowest BCUT2D eigenvalue weighted by atomic mass is 9.88. The number of carbonyl (C=O) groups is 2. The minimum Gasteiger partial charge on any atom is -0.479 e. The third kappa shape index (κ3) is 1.59. The van der Waals surface area contributed by atoms with Gasteiger partial charge in [-0.3, -0.25) is 0 Å². The van der Waals surface area contributed by atoms with Crippen LogP contribution in [0.1, 0.15) is 26.2 Å². The number of aliphatic carboxylic acids is 1. The Morgan fingerprint density at radius 2 is 2.08 bits per heavy atom. The Labute approximate surface area is 75.7 Å². The zero-order chi connectivity index (χ0) is 10.1. The van der Waals surface area contributed by atoms with Crippen molar-refractivity contribution < 1.29 is 19.8 Å². The van der Waals surface area contributed by atoms with E-state index in [9.17, 15) is 9.59 Å². The number of carboxylic acid groups (broad SMARTS) is 2. The molecule has 0 aliphatic heterocycles. The number of carboxylic acids is 1. The minimum absolute atomic E-state index is 0.138. The first kappa shape index (κ1) is 9.83. The summed E-state index contributed by atoms with van der Waals surface area (Å²) in [6, 6.07) is 0. The quantitative estimate of drug-likeness (QED) is 0.599. The number of hydrogen-bond donors (Lipinski definition) is 3. The van der Waals surface area contributed by atoms with Gasteiger partial charge in [0.25, 0.3) is 0 Å². The molecule has 3 N–H and O–H groups in total. The van der Waals surface area contributed by atoms with Gasteiger partial charge in [0.2, 0.25) is 0 Å². The van der Waals surface area contributed by atoms with E-state index in [0.717, 1.165) is 12.8 Å². The highest BCUT2D eigenvalue weighted by atomic mass is 16.4. The van der Waals surface area contributed by atoms with Gasteiger partial charge < -0.3 is 15.5 Å². The molecule has 74 valence electrons. The maximum Gasteiger partial charge on any atom is 0.405 e. The van der Waals surface area contributed by atoms with E-state index in [2.05, 4.69) is 5.32 Å². The summed E-state index contributed by atoms with van der Waals surface area (Å²) in [7, 11) is 0. The first-order valence-electron chi connectivity index (χ1n) is 4.23. The van der Waals surface area contributed by atoms with E-state index >= 15 is 0 Å². The van der Waals surface area contributed by atoms with E-state index in [1.165, 1.54) is 0 Å². The largest absolute Gasteiger partial charge is 0.479 e. The maximum atomic E-state index is 10.9. The average molecular weight is 187 g/mol. The Balaban J connectivity index is 2.87. The first-order chi connectivity index (χ1) is 5.99. The van der Waals surface area contributed by atoms with Crippen LogP contribution in [0.3, 0.4) is 0 Å². The topological polar surface area (TPSA) is 86.6 Å². The van der Waals surface area contributed by atoms with Crippen LogP contribution < -0.4 is 5.32 Å². The Kier molecular flexibility index (Phi) is 2.45. The summed E-state index contributed by atoms with van der Waals surface area (Å²) in [4.78, 5) is 21.4. The van der Waals surface area contributed by atoms with E-state index in [-0.39, 0.29) is 5.92 Å². The SMILES string of the molecule is CC1CCCC1(NC(=O)O)C(=O)O. The van der Waals surface area contributed by atoms with Crippen LogP contribution in [0.25, 0.3) is 0 Å². The Morgan fingerprint density at radius 1 is 1.46 bits per heavy atom. The Hall–Kier alpha value is -1.26. The van der Waals surface area contributed by atoms with Crippen molar-refractivity contribution in [3.63, 3.8) is 0 Å². The van der Waals surface area contributed by atoms with Gasteiger partial charge in [0.05, 0.1) is 0 Å². The highest BCUT2D eigenvalue weighted by Crippen LogP contribution is 2.35. The monoisotopic (exact) mass is 187 g/mol. The molecule has 13 heavy (non-hydrogen) atoms. The van der Waals surface area contributed by atoms with Crippen LogP contribution in [0.4, 0.5) is 4.79 Å². The van der Waals surface area contributed by atoms with Gasteiger partial charge >= 0.3 is 12.1 Å². The summed E-state index contributed by atoms with van der Waals surface area (Å²) >= 11 is 0. The molecule has 0 radical (unpaired) electrons. The smallest absolute Gasteiger partial charge is 0.405 e. The van der Waals surface area contributed by atoms with Crippen molar-refractivity contribution in [1.82, 2.24) is 5.32 Å². The third-order valence-electron chi connectivity index (χ3n) is 2.76. The molecule has 5 nitrogen and oxygen atoms in total. The molecular formula is C8H13NO4. The minimum atomic E-state index is -1.27. The van der Waals surface area contributed by atoms with Crippen molar-refractivity contribution >= 4 is 12.1 Å². The van der Waals surface area contributed by atoms with Crippen LogP contribution in [-0.2, 0) is 4.79 Å². The summed E-state index contributed by atoms with van der Waals surface area (Å²) < 4.78 is 0. The predicted molar refractivity (Wildman–Crippen MR) is 44.5 cm³/mol. The average Bonchev–Trinajstić information content (AvgIpc) is 2.32. The molecule has 5 heteroatoms. The van der Waals surface area contributed by atoms with Crippen molar-refractivity contribution in [3.8, 4) is 0 Å².